The van der Waals surface area contributed by atoms with Crippen LogP contribution in [0.1, 0.15) is 48.9 Å². The Morgan fingerprint density at radius 1 is 1.18 bits per heavy atom. The molecule has 2 aliphatic rings. The second-order valence-corrected chi connectivity index (χ2v) is 9.35. The Balaban J connectivity index is 1.47. The van der Waals surface area contributed by atoms with E-state index in [2.05, 4.69) is 43.2 Å². The number of hydrogen-bond donors (Lipinski definition) is 4. The Hall–Kier alpha value is -2.49. The number of nitrogens with zero attached hydrogens (tertiary/aromatic N) is 3. The Bertz CT molecular complexity index is 991. The third kappa shape index (κ3) is 5.90. The summed E-state index contributed by atoms with van der Waals surface area (Å²) in [7, 11) is 3.88. The monoisotopic (exact) mass is 476 g/mol. The van der Waals surface area contributed by atoms with Gasteiger partial charge < -0.3 is 20.9 Å². The smallest absolute Gasteiger partial charge is 0.254 e. The summed E-state index contributed by atoms with van der Waals surface area (Å²) in [6.45, 7) is 1.81. The van der Waals surface area contributed by atoms with Crippen molar-refractivity contribution < 1.29 is 14.5 Å². The molecule has 0 unspecified atom stereocenters. The molecule has 1 aliphatic carbocycles. The zero-order valence-corrected chi connectivity index (χ0v) is 19.9. The number of likely N-dealkylation sites (tertiary alicyclic amines) is 1. The highest BCUT2D eigenvalue weighted by molar-refractivity contribution is 6.33. The molecule has 0 bridgehead atoms. The van der Waals surface area contributed by atoms with E-state index >= 15 is 0 Å². The van der Waals surface area contributed by atoms with E-state index in [4.69, 9.17) is 11.6 Å². The molecule has 1 aromatic heterocycles. The Morgan fingerprint density at radius 3 is 2.61 bits per heavy atom. The van der Waals surface area contributed by atoms with Crippen LogP contribution in [0.5, 0.6) is 0 Å². The highest BCUT2D eigenvalue weighted by Crippen LogP contribution is 2.29. The van der Waals surface area contributed by atoms with E-state index in [1.165, 1.54) is 25.0 Å². The van der Waals surface area contributed by atoms with E-state index in [0.29, 0.717) is 17.7 Å². The second kappa shape index (κ2) is 10.6. The minimum Gasteiger partial charge on any atom is -0.381 e. The lowest BCUT2D eigenvalue weighted by Gasteiger charge is -2.29. The molecule has 10 heteroatoms. The Kier molecular flexibility index (Phi) is 7.62. The minimum atomic E-state index is -0.642. The summed E-state index contributed by atoms with van der Waals surface area (Å²) in [6, 6.07) is 3.13. The van der Waals surface area contributed by atoms with Crippen LogP contribution in [-0.4, -0.2) is 60.0 Å². The molecule has 1 saturated carbocycles. The first kappa shape index (κ1) is 23.7. The topological polar surface area (TPSA) is 98.8 Å². The van der Waals surface area contributed by atoms with Gasteiger partial charge in [-0.05, 0) is 70.8 Å². The normalized spacial score (nSPS) is 17.8. The molecule has 1 aromatic carbocycles. The largest absolute Gasteiger partial charge is 0.381 e. The van der Waals surface area contributed by atoms with Gasteiger partial charge in [-0.1, -0.05) is 11.6 Å². The van der Waals surface area contributed by atoms with Crippen molar-refractivity contribution in [1.82, 2.24) is 20.2 Å². The van der Waals surface area contributed by atoms with Crippen LogP contribution >= 0.6 is 11.6 Å². The maximum absolute atomic E-state index is 14.8. The lowest BCUT2D eigenvalue weighted by Crippen LogP contribution is -2.84. The number of carbonyl (C=O) groups excluding carboxylic acids is 1. The maximum Gasteiger partial charge on any atom is 0.254 e. The average Bonchev–Trinajstić information content (AvgIpc) is 3.31. The number of anilines is 3. The summed E-state index contributed by atoms with van der Waals surface area (Å²) < 4.78 is 14.8. The first-order valence-electron chi connectivity index (χ1n) is 11.6. The molecule has 1 saturated heterocycles. The number of rotatable bonds is 7. The SMILES string of the molecule is CNc1cnc(Nc2cc(F)c(C(=O)NC3CCN(C)CC3)cc2Cl)nc1[NH2+]C1CCCC1. The molecule has 4 rings (SSSR count). The van der Waals surface area contributed by atoms with Gasteiger partial charge in [0.15, 0.2) is 0 Å². The molecule has 2 heterocycles. The van der Waals surface area contributed by atoms with Gasteiger partial charge in [0.2, 0.25) is 5.95 Å². The fourth-order valence-electron chi connectivity index (χ4n) is 4.48. The average molecular weight is 477 g/mol. The third-order valence-electron chi connectivity index (χ3n) is 6.48. The fraction of sp³-hybridized carbons (Fsp3) is 0.522. The molecule has 8 nitrogen and oxygen atoms in total. The highest BCUT2D eigenvalue weighted by Gasteiger charge is 2.24. The van der Waals surface area contributed by atoms with E-state index in [1.807, 2.05) is 7.05 Å². The quantitative estimate of drug-likeness (QED) is 0.490. The van der Waals surface area contributed by atoms with Crippen LogP contribution < -0.4 is 21.3 Å². The van der Waals surface area contributed by atoms with E-state index in [0.717, 1.165) is 50.3 Å². The van der Waals surface area contributed by atoms with Crippen LogP contribution in [0.4, 0.5) is 27.5 Å². The van der Waals surface area contributed by atoms with Crippen LogP contribution in [0.15, 0.2) is 18.3 Å². The summed E-state index contributed by atoms with van der Waals surface area (Å²) in [5, 5.41) is 11.4. The summed E-state index contributed by atoms with van der Waals surface area (Å²) in [5.41, 5.74) is 1.09. The molecule has 0 atom stereocenters. The van der Waals surface area contributed by atoms with Gasteiger partial charge in [0, 0.05) is 13.1 Å². The third-order valence-corrected chi connectivity index (χ3v) is 6.80. The number of quaternary nitrogens is 1. The van der Waals surface area contributed by atoms with Gasteiger partial charge in [-0.3, -0.25) is 10.1 Å². The number of nitrogens with two attached hydrogens (primary N) is 1. The second-order valence-electron chi connectivity index (χ2n) is 8.94. The van der Waals surface area contributed by atoms with Gasteiger partial charge in [-0.2, -0.15) is 4.98 Å². The van der Waals surface area contributed by atoms with Crippen molar-refractivity contribution in [3.8, 4) is 0 Å². The van der Waals surface area contributed by atoms with Crippen LogP contribution in [0.2, 0.25) is 5.02 Å². The molecule has 1 aliphatic heterocycles. The van der Waals surface area contributed by atoms with E-state index in [-0.39, 0.29) is 16.6 Å². The van der Waals surface area contributed by atoms with E-state index in [9.17, 15) is 9.18 Å². The number of amides is 1. The number of aromatic nitrogens is 2. The van der Waals surface area contributed by atoms with Crippen LogP contribution in [0.3, 0.4) is 0 Å². The standard InChI is InChI=1S/C23H31ClFN7O/c1-26-20-13-27-23(31-21(20)28-14-5-3-4-6-14)30-19-12-18(25)16(11-17(19)24)22(33)29-15-7-9-32(2)10-8-15/h11-15,26H,3-10H2,1-2H3,(H,29,33)(H2,27,28,30,31)/p+1. The van der Waals surface area contributed by atoms with Gasteiger partial charge in [0.1, 0.15) is 11.5 Å². The molecule has 33 heavy (non-hydrogen) atoms. The zero-order valence-electron chi connectivity index (χ0n) is 19.1. The Morgan fingerprint density at radius 2 is 1.91 bits per heavy atom. The highest BCUT2D eigenvalue weighted by atomic mass is 35.5. The van der Waals surface area contributed by atoms with Crippen molar-refractivity contribution in [2.45, 2.75) is 50.6 Å². The molecule has 2 fully saturated rings. The lowest BCUT2D eigenvalue weighted by atomic mass is 10.0. The first-order chi connectivity index (χ1) is 15.9. The van der Waals surface area contributed by atoms with E-state index in [1.54, 1.807) is 6.20 Å². The minimum absolute atomic E-state index is 0.0401. The van der Waals surface area contributed by atoms with E-state index < -0.39 is 11.7 Å². The molecule has 1 amide bonds. The maximum atomic E-state index is 14.8. The summed E-state index contributed by atoms with van der Waals surface area (Å²) in [4.78, 5) is 23.8. The number of piperidine rings is 1. The van der Waals surface area contributed by atoms with Crippen molar-refractivity contribution in [3.05, 3.63) is 34.7 Å². The van der Waals surface area contributed by atoms with Crippen LogP contribution in [0, 0.1) is 5.82 Å². The van der Waals surface area contributed by atoms with Crippen molar-refractivity contribution in [1.29, 1.82) is 0 Å². The predicted octanol–water partition coefficient (Wildman–Crippen LogP) is 3.02. The van der Waals surface area contributed by atoms with Crippen molar-refractivity contribution in [3.63, 3.8) is 0 Å². The van der Waals surface area contributed by atoms with Gasteiger partial charge in [-0.15, -0.1) is 0 Å². The van der Waals surface area contributed by atoms with Gasteiger partial charge in [0.25, 0.3) is 11.7 Å². The molecular formula is C23H32ClFN7O+. The molecule has 2 aromatic rings. The molecule has 5 N–H and O–H groups in total. The number of carbonyl (C=O) groups is 1. The number of nitrogens with one attached hydrogen (secondary N) is 3. The van der Waals surface area contributed by atoms with Crippen LogP contribution in [-0.2, 0) is 0 Å². The number of hydrogen-bond acceptors (Lipinski definition) is 6. The summed E-state index contributed by atoms with van der Waals surface area (Å²) >= 11 is 6.40. The molecule has 0 spiro atoms. The lowest BCUT2D eigenvalue weighted by molar-refractivity contribution is -0.612. The fourth-order valence-corrected chi connectivity index (χ4v) is 4.69. The van der Waals surface area contributed by atoms with Gasteiger partial charge in [0.05, 0.1) is 28.5 Å². The molecular weight excluding hydrogens is 445 g/mol. The number of benzene rings is 1. The van der Waals surface area contributed by atoms with Crippen molar-refractivity contribution in [2.75, 3.05) is 37.8 Å². The van der Waals surface area contributed by atoms with Crippen molar-refractivity contribution >= 4 is 40.6 Å². The predicted molar refractivity (Wildman–Crippen MR) is 128 cm³/mol. The zero-order chi connectivity index (χ0) is 23.4. The van der Waals surface area contributed by atoms with Crippen molar-refractivity contribution in [2.24, 2.45) is 0 Å². The number of halogens is 2. The molecule has 0 radical (unpaired) electrons. The van der Waals surface area contributed by atoms with Crippen LogP contribution in [0.25, 0.3) is 0 Å². The Labute approximate surface area is 198 Å². The summed E-state index contributed by atoms with van der Waals surface area (Å²) in [5.74, 6) is 0.0474. The summed E-state index contributed by atoms with van der Waals surface area (Å²) in [6.07, 6.45) is 8.18. The van der Waals surface area contributed by atoms with Gasteiger partial charge in [-0.25, -0.2) is 9.37 Å². The van der Waals surface area contributed by atoms with Gasteiger partial charge >= 0.3 is 0 Å². The molecule has 178 valence electrons. The first-order valence-corrected chi connectivity index (χ1v) is 12.0.